The Kier molecular flexibility index (Phi) is 7.54. The van der Waals surface area contributed by atoms with Crippen molar-refractivity contribution < 1.29 is 0 Å². The van der Waals surface area contributed by atoms with E-state index in [1.54, 1.807) is 0 Å². The minimum Gasteiger partial charge on any atom is -0.375 e. The zero-order chi connectivity index (χ0) is 42.1. The third-order valence-electron chi connectivity index (χ3n) is 14.2. The average Bonchev–Trinajstić information content (AvgIpc) is 3.66. The second-order valence-electron chi connectivity index (χ2n) is 20.7. The average molecular weight is 779 g/mol. The Morgan fingerprint density at radius 2 is 0.983 bits per heavy atom. The zero-order valence-corrected chi connectivity index (χ0v) is 37.7. The van der Waals surface area contributed by atoms with Crippen LogP contribution in [-0.2, 0) is 10.8 Å². The third kappa shape index (κ3) is 5.02. The van der Waals surface area contributed by atoms with Crippen LogP contribution >= 0.6 is 0 Å². The maximum absolute atomic E-state index is 2.75. The number of hydrogen-bond donors (Lipinski definition) is 0. The van der Waals surface area contributed by atoms with Gasteiger partial charge in [0.1, 0.15) is 0 Å². The molecule has 60 heavy (non-hydrogen) atoms. The Bertz CT molecular complexity index is 3360. The van der Waals surface area contributed by atoms with E-state index in [2.05, 4.69) is 196 Å². The van der Waals surface area contributed by atoms with Crippen LogP contribution in [0.5, 0.6) is 0 Å². The SMILES string of the molecule is Cc1cc(C)c(-c2ccc3c(c2)c2cc(-c4c(C)cc(C)cc4C)cc4c2n3-c2ccc(C)c3c2B4n2c4ccc(C(C)(C)C)cc4c4cc(C(C)(C)C)cc-3c42)c(C)c1. The molecule has 0 saturated heterocycles. The molecule has 0 atom stereocenters. The summed E-state index contributed by atoms with van der Waals surface area (Å²) in [6, 6.07) is 39.0. The Morgan fingerprint density at radius 3 is 1.62 bits per heavy atom. The van der Waals surface area contributed by atoms with Gasteiger partial charge in [-0.2, -0.15) is 0 Å². The molecule has 0 unspecified atom stereocenters. The van der Waals surface area contributed by atoms with Gasteiger partial charge < -0.3 is 9.05 Å². The van der Waals surface area contributed by atoms with Crippen molar-refractivity contribution in [1.29, 1.82) is 0 Å². The molecule has 0 N–H and O–H groups in total. The minimum atomic E-state index is -0.0136. The van der Waals surface area contributed by atoms with Crippen LogP contribution in [0.25, 0.3) is 82.7 Å². The summed E-state index contributed by atoms with van der Waals surface area (Å²) in [5.74, 6) is 0. The van der Waals surface area contributed by atoms with E-state index in [-0.39, 0.29) is 17.7 Å². The smallest absolute Gasteiger partial charge is 0.333 e. The molecule has 0 spiro atoms. The highest BCUT2D eigenvalue weighted by atomic mass is 15.0. The lowest BCUT2D eigenvalue weighted by Gasteiger charge is -2.35. The van der Waals surface area contributed by atoms with E-state index in [1.807, 2.05) is 0 Å². The summed E-state index contributed by atoms with van der Waals surface area (Å²) in [6.07, 6.45) is 0. The summed E-state index contributed by atoms with van der Waals surface area (Å²) in [4.78, 5) is 0. The van der Waals surface area contributed by atoms with Gasteiger partial charge in [-0.25, -0.2) is 0 Å². The Hall–Kier alpha value is -5.80. The number of aryl methyl sites for hydroxylation is 7. The molecule has 0 aliphatic carbocycles. The number of nitrogens with zero attached hydrogens (tertiary/aromatic N) is 2. The van der Waals surface area contributed by atoms with E-state index < -0.39 is 0 Å². The number of benzene rings is 7. The molecule has 0 bridgehead atoms. The summed E-state index contributed by atoms with van der Waals surface area (Å²) in [5, 5.41) is 5.36. The molecule has 11 rings (SSSR count). The first-order valence-corrected chi connectivity index (χ1v) is 22.0. The number of fused-ring (bicyclic) bond motifs is 10. The highest BCUT2D eigenvalue weighted by molar-refractivity contribution is 6.90. The Morgan fingerprint density at radius 1 is 0.433 bits per heavy atom. The fourth-order valence-electron chi connectivity index (χ4n) is 11.7. The summed E-state index contributed by atoms with van der Waals surface area (Å²) >= 11 is 0. The summed E-state index contributed by atoms with van der Waals surface area (Å²) < 4.78 is 5.38. The molecular weight excluding hydrogens is 723 g/mol. The fraction of sp³-hybridized carbons (Fsp3) is 0.263. The van der Waals surface area contributed by atoms with E-state index in [1.165, 1.54) is 144 Å². The number of aromatic nitrogens is 2. The van der Waals surface area contributed by atoms with Crippen molar-refractivity contribution in [2.75, 3.05) is 0 Å². The van der Waals surface area contributed by atoms with Gasteiger partial charge in [-0.05, 0) is 186 Å². The largest absolute Gasteiger partial charge is 0.375 e. The first kappa shape index (κ1) is 37.2. The van der Waals surface area contributed by atoms with E-state index in [0.717, 1.165) is 0 Å². The molecule has 2 aliphatic heterocycles. The molecule has 2 aromatic heterocycles. The topological polar surface area (TPSA) is 9.86 Å². The van der Waals surface area contributed by atoms with Gasteiger partial charge >= 0.3 is 6.85 Å². The van der Waals surface area contributed by atoms with Crippen molar-refractivity contribution in [2.24, 2.45) is 0 Å². The van der Waals surface area contributed by atoms with Crippen molar-refractivity contribution in [3.8, 4) is 39.1 Å². The van der Waals surface area contributed by atoms with Crippen LogP contribution in [0.4, 0.5) is 0 Å². The second kappa shape index (κ2) is 12.2. The van der Waals surface area contributed by atoms with Gasteiger partial charge in [0, 0.05) is 43.8 Å². The monoisotopic (exact) mass is 778 g/mol. The molecule has 9 aromatic rings. The first-order valence-electron chi connectivity index (χ1n) is 22.0. The van der Waals surface area contributed by atoms with Gasteiger partial charge in [0.05, 0.1) is 11.0 Å². The third-order valence-corrected chi connectivity index (χ3v) is 14.2. The lowest BCUT2D eigenvalue weighted by Crippen LogP contribution is -2.55. The molecule has 0 amide bonds. The Balaban J connectivity index is 1.34. The molecule has 2 nitrogen and oxygen atoms in total. The maximum atomic E-state index is 2.75. The standard InChI is InChI=1S/C57H55BN2/c1-30-20-33(4)50(34(5)21-30)37-15-18-47-41(24-37)43-25-38(51-35(6)22-31(2)23-36(51)7)26-46-55(43)59(47)49-17-14-32(3)52-45-29-40(57(11,12)13)28-44-42-27-39(56(8,9)10)16-19-48(42)60(54(44)45)58(46)53(49)52/h14-29H,1-13H3. The van der Waals surface area contributed by atoms with Crippen molar-refractivity contribution in [3.63, 3.8) is 0 Å². The van der Waals surface area contributed by atoms with Crippen LogP contribution in [0.2, 0.25) is 0 Å². The molecule has 4 heterocycles. The molecule has 0 fully saturated rings. The van der Waals surface area contributed by atoms with Crippen molar-refractivity contribution in [2.45, 2.75) is 101 Å². The van der Waals surface area contributed by atoms with Crippen molar-refractivity contribution >= 4 is 61.4 Å². The molecule has 7 aromatic carbocycles. The lowest BCUT2D eigenvalue weighted by atomic mass is 9.45. The summed E-state index contributed by atoms with van der Waals surface area (Å²) in [6.45, 7) is 30.0. The Labute approximate surface area is 356 Å². The van der Waals surface area contributed by atoms with E-state index >= 15 is 0 Å². The summed E-state index contributed by atoms with van der Waals surface area (Å²) in [7, 11) is 0. The van der Waals surface area contributed by atoms with E-state index in [0.29, 0.717) is 0 Å². The van der Waals surface area contributed by atoms with Gasteiger partial charge in [0.15, 0.2) is 0 Å². The van der Waals surface area contributed by atoms with Crippen LogP contribution < -0.4 is 10.9 Å². The lowest BCUT2D eigenvalue weighted by molar-refractivity contribution is 0.590. The summed E-state index contributed by atoms with van der Waals surface area (Å²) in [5.41, 5.74) is 29.4. The molecule has 296 valence electrons. The predicted molar refractivity (Wildman–Crippen MR) is 261 cm³/mol. The van der Waals surface area contributed by atoms with Gasteiger partial charge in [0.25, 0.3) is 0 Å². The van der Waals surface area contributed by atoms with Gasteiger partial charge in [-0.15, -0.1) is 0 Å². The molecular formula is C57H55BN2. The predicted octanol–water partition coefficient (Wildman–Crippen LogP) is 13.9. The van der Waals surface area contributed by atoms with Crippen LogP contribution in [-0.4, -0.2) is 15.9 Å². The van der Waals surface area contributed by atoms with Crippen LogP contribution in [0.15, 0.2) is 97.1 Å². The normalized spacial score (nSPS) is 13.4. The second-order valence-corrected chi connectivity index (χ2v) is 20.7. The van der Waals surface area contributed by atoms with Crippen molar-refractivity contribution in [3.05, 3.63) is 147 Å². The molecule has 0 radical (unpaired) electrons. The number of hydrogen-bond acceptors (Lipinski definition) is 0. The highest BCUT2D eigenvalue weighted by Crippen LogP contribution is 2.47. The van der Waals surface area contributed by atoms with Gasteiger partial charge in [-0.1, -0.05) is 101 Å². The number of rotatable bonds is 2. The van der Waals surface area contributed by atoms with Crippen LogP contribution in [0.3, 0.4) is 0 Å². The quantitative estimate of drug-likeness (QED) is 0.155. The molecule has 3 heteroatoms. The van der Waals surface area contributed by atoms with E-state index in [9.17, 15) is 0 Å². The van der Waals surface area contributed by atoms with Gasteiger partial charge in [-0.3, -0.25) is 0 Å². The first-order chi connectivity index (χ1) is 28.4. The van der Waals surface area contributed by atoms with Crippen molar-refractivity contribution in [1.82, 2.24) is 9.05 Å². The van der Waals surface area contributed by atoms with Crippen LogP contribution in [0, 0.1) is 48.5 Å². The van der Waals surface area contributed by atoms with Crippen LogP contribution in [0.1, 0.15) is 91.6 Å². The maximum Gasteiger partial charge on any atom is 0.333 e. The highest BCUT2D eigenvalue weighted by Gasteiger charge is 2.43. The fourth-order valence-corrected chi connectivity index (χ4v) is 11.7. The molecule has 0 saturated carbocycles. The minimum absolute atomic E-state index is 0.00486. The van der Waals surface area contributed by atoms with Gasteiger partial charge in [0.2, 0.25) is 0 Å². The van der Waals surface area contributed by atoms with E-state index in [4.69, 9.17) is 0 Å². The molecule has 2 aliphatic rings. The zero-order valence-electron chi connectivity index (χ0n) is 37.7.